The van der Waals surface area contributed by atoms with Crippen LogP contribution in [0, 0.1) is 6.07 Å². The van der Waals surface area contributed by atoms with Crippen molar-refractivity contribution in [1.29, 1.82) is 0 Å². The van der Waals surface area contributed by atoms with E-state index in [0.29, 0.717) is 0 Å². The van der Waals surface area contributed by atoms with E-state index in [1.54, 1.807) is 0 Å². The molecule has 0 aliphatic carbocycles. The van der Waals surface area contributed by atoms with Gasteiger partial charge in [-0.15, -0.1) is 11.5 Å². The van der Waals surface area contributed by atoms with Crippen LogP contribution < -0.4 is 0 Å². The van der Waals surface area contributed by atoms with Crippen LogP contribution in [-0.2, 0) is 39.8 Å². The number of hydrogen-bond donors (Lipinski definition) is 0. The molecule has 0 spiro atoms. The molecule has 2 heteroatoms. The summed E-state index contributed by atoms with van der Waals surface area (Å²) in [5, 5.41) is 5.15. The molecule has 0 saturated heterocycles. The Kier molecular flexibility index (Phi) is 4.23. The van der Waals surface area contributed by atoms with Gasteiger partial charge in [-0.3, -0.25) is 0 Å². The Hall–Kier alpha value is -1.96. The molecule has 0 N–H and O–H groups in total. The van der Waals surface area contributed by atoms with Crippen molar-refractivity contribution in [2.45, 2.75) is 0 Å². The van der Waals surface area contributed by atoms with Gasteiger partial charge in [0, 0.05) is 50.7 Å². The fraction of sp³-hybridized carbons (Fsp3) is 0.0435. The zero-order valence-corrected chi connectivity index (χ0v) is 16.9. The van der Waals surface area contributed by atoms with Crippen molar-refractivity contribution in [2.75, 3.05) is 0 Å². The molecule has 117 valence electrons. The second kappa shape index (κ2) is 6.40. The summed E-state index contributed by atoms with van der Waals surface area (Å²) < 4.78 is 2.30. The summed E-state index contributed by atoms with van der Waals surface area (Å²) in [6.45, 7) is 0. The van der Waals surface area contributed by atoms with Gasteiger partial charge in [0.15, 0.2) is 0 Å². The molecule has 4 aromatic carbocycles. The van der Waals surface area contributed by atoms with Gasteiger partial charge in [-0.25, -0.2) is 0 Å². The van der Waals surface area contributed by atoms with E-state index in [1.807, 2.05) is 6.07 Å². The van der Waals surface area contributed by atoms with E-state index in [1.165, 1.54) is 43.7 Å². The number of aryl methyl sites for hydroxylation is 1. The molecule has 25 heavy (non-hydrogen) atoms. The molecule has 1 heterocycles. The average Bonchev–Trinajstić information content (AvgIpc) is 2.95. The molecule has 0 bridgehead atoms. The standard InChI is InChI=1S/C23H16N.Y/c1-24-22-14-8-7-12-18(22)21-15-20(16-9-3-2-4-10-16)17-11-5-6-13-19(17)23(21)24;/h2-6,8-15H,1H3;/q-1;. The molecule has 1 aromatic heterocycles. The topological polar surface area (TPSA) is 4.93 Å². The van der Waals surface area contributed by atoms with E-state index in [-0.39, 0.29) is 32.7 Å². The number of benzene rings is 4. The number of fused-ring (bicyclic) bond motifs is 5. The smallest absolute Gasteiger partial charge is 0.0426 e. The van der Waals surface area contributed by atoms with Crippen LogP contribution in [0.15, 0.2) is 78.9 Å². The molecular formula is C23H16NY-. The summed E-state index contributed by atoms with van der Waals surface area (Å²) in [6.07, 6.45) is 0. The molecule has 0 aliphatic rings. The van der Waals surface area contributed by atoms with Crippen molar-refractivity contribution >= 4 is 32.6 Å². The summed E-state index contributed by atoms with van der Waals surface area (Å²) in [5.41, 5.74) is 5.08. The van der Waals surface area contributed by atoms with Crippen LogP contribution in [0.5, 0.6) is 0 Å². The van der Waals surface area contributed by atoms with E-state index >= 15 is 0 Å². The second-order valence-corrected chi connectivity index (χ2v) is 6.23. The summed E-state index contributed by atoms with van der Waals surface area (Å²) in [5.74, 6) is 0. The van der Waals surface area contributed by atoms with Gasteiger partial charge in [0.25, 0.3) is 0 Å². The van der Waals surface area contributed by atoms with Crippen LogP contribution in [0.3, 0.4) is 0 Å². The normalized spacial score (nSPS) is 11.1. The number of hydrogen-bond acceptors (Lipinski definition) is 0. The fourth-order valence-corrected chi connectivity index (χ4v) is 3.83. The Balaban J connectivity index is 0.00000157. The number of rotatable bonds is 1. The average molecular weight is 395 g/mol. The zero-order valence-electron chi connectivity index (χ0n) is 14.0. The Morgan fingerprint density at radius 3 is 2.28 bits per heavy atom. The summed E-state index contributed by atoms with van der Waals surface area (Å²) in [4.78, 5) is 0. The largest absolute Gasteiger partial charge is 0.367 e. The Morgan fingerprint density at radius 1 is 0.760 bits per heavy atom. The summed E-state index contributed by atoms with van der Waals surface area (Å²) in [6, 6.07) is 31.1. The summed E-state index contributed by atoms with van der Waals surface area (Å²) in [7, 11) is 2.15. The first-order chi connectivity index (χ1) is 11.8. The fourth-order valence-electron chi connectivity index (χ4n) is 3.83. The van der Waals surface area contributed by atoms with Crippen LogP contribution in [0.4, 0.5) is 0 Å². The maximum atomic E-state index is 3.23. The van der Waals surface area contributed by atoms with Crippen molar-refractivity contribution in [1.82, 2.24) is 4.57 Å². The van der Waals surface area contributed by atoms with Crippen molar-refractivity contribution in [3.05, 3.63) is 84.9 Å². The third kappa shape index (κ3) is 2.46. The van der Waals surface area contributed by atoms with E-state index < -0.39 is 0 Å². The predicted molar refractivity (Wildman–Crippen MR) is 102 cm³/mol. The minimum absolute atomic E-state index is 0. The molecule has 0 atom stereocenters. The summed E-state index contributed by atoms with van der Waals surface area (Å²) >= 11 is 0. The van der Waals surface area contributed by atoms with Gasteiger partial charge in [-0.1, -0.05) is 66.2 Å². The molecule has 1 nitrogen and oxygen atoms in total. The van der Waals surface area contributed by atoms with Gasteiger partial charge >= 0.3 is 0 Å². The van der Waals surface area contributed by atoms with Gasteiger partial charge in [0.2, 0.25) is 0 Å². The van der Waals surface area contributed by atoms with E-state index in [9.17, 15) is 0 Å². The van der Waals surface area contributed by atoms with Gasteiger partial charge in [0.1, 0.15) is 0 Å². The van der Waals surface area contributed by atoms with Crippen LogP contribution in [-0.4, -0.2) is 4.57 Å². The number of nitrogens with zero attached hydrogens (tertiary/aromatic N) is 1. The van der Waals surface area contributed by atoms with Crippen molar-refractivity contribution in [3.8, 4) is 11.1 Å². The molecule has 1 radical (unpaired) electrons. The Morgan fingerprint density at radius 2 is 1.48 bits per heavy atom. The minimum atomic E-state index is 0. The Bertz CT molecular complexity index is 1200. The number of aromatic nitrogens is 1. The van der Waals surface area contributed by atoms with Gasteiger partial charge in [0.05, 0.1) is 0 Å². The van der Waals surface area contributed by atoms with E-state index in [4.69, 9.17) is 0 Å². The maximum Gasteiger partial charge on any atom is 0.0426 e. The first-order valence-electron chi connectivity index (χ1n) is 8.20. The maximum absolute atomic E-state index is 3.23. The van der Waals surface area contributed by atoms with Crippen LogP contribution in [0.1, 0.15) is 0 Å². The first kappa shape index (κ1) is 16.5. The van der Waals surface area contributed by atoms with Gasteiger partial charge < -0.3 is 4.57 Å². The van der Waals surface area contributed by atoms with Crippen molar-refractivity contribution in [2.24, 2.45) is 7.05 Å². The molecule has 5 rings (SSSR count). The SMILES string of the molecule is Cn1c2cc[c-]cc2c2cc(-c3ccccc3)c3ccccc3c21.[Y]. The van der Waals surface area contributed by atoms with Crippen molar-refractivity contribution in [3.63, 3.8) is 0 Å². The van der Waals surface area contributed by atoms with Crippen LogP contribution in [0.25, 0.3) is 43.7 Å². The van der Waals surface area contributed by atoms with E-state index in [0.717, 1.165) is 0 Å². The first-order valence-corrected chi connectivity index (χ1v) is 8.20. The molecule has 5 aromatic rings. The minimum Gasteiger partial charge on any atom is -0.367 e. The van der Waals surface area contributed by atoms with Gasteiger partial charge in [-0.05, 0) is 21.9 Å². The monoisotopic (exact) mass is 395 g/mol. The predicted octanol–water partition coefficient (Wildman–Crippen LogP) is 5.95. The molecule has 0 amide bonds. The second-order valence-electron chi connectivity index (χ2n) is 6.23. The zero-order chi connectivity index (χ0) is 16.1. The van der Waals surface area contributed by atoms with E-state index in [2.05, 4.69) is 90.5 Å². The van der Waals surface area contributed by atoms with Crippen LogP contribution in [0.2, 0.25) is 0 Å². The molecule has 0 aliphatic heterocycles. The van der Waals surface area contributed by atoms with Gasteiger partial charge in [-0.2, -0.15) is 18.2 Å². The Labute approximate surface area is 172 Å². The quantitative estimate of drug-likeness (QED) is 0.309. The molecule has 0 saturated carbocycles. The van der Waals surface area contributed by atoms with Crippen molar-refractivity contribution < 1.29 is 32.7 Å². The molecular weight excluding hydrogens is 379 g/mol. The third-order valence-corrected chi connectivity index (χ3v) is 4.93. The molecule has 0 unspecified atom stereocenters. The molecule has 0 fully saturated rings. The third-order valence-electron chi connectivity index (χ3n) is 4.93. The van der Waals surface area contributed by atoms with Crippen LogP contribution >= 0.6 is 0 Å².